The van der Waals surface area contributed by atoms with Gasteiger partial charge in [-0.25, -0.2) is 9.79 Å². The fraction of sp³-hybridized carbons (Fsp3) is 0.273. The van der Waals surface area contributed by atoms with Gasteiger partial charge in [-0.05, 0) is 83.0 Å². The lowest BCUT2D eigenvalue weighted by atomic mass is 10.1. The second kappa shape index (κ2) is 8.77. The van der Waals surface area contributed by atoms with Crippen LogP contribution in [0.3, 0.4) is 0 Å². The molecule has 0 radical (unpaired) electrons. The average molecular weight is 491 g/mol. The van der Waals surface area contributed by atoms with Gasteiger partial charge in [0.1, 0.15) is 0 Å². The van der Waals surface area contributed by atoms with Crippen molar-refractivity contribution >= 4 is 40.5 Å². The second-order valence-electron chi connectivity index (χ2n) is 6.92. The van der Waals surface area contributed by atoms with Gasteiger partial charge in [-0.2, -0.15) is 0 Å². The number of hydrogen-bond donors (Lipinski definition) is 0. The Balaban J connectivity index is 1.86. The van der Waals surface area contributed by atoms with Crippen LogP contribution >= 0.6 is 22.6 Å². The predicted octanol–water partition coefficient (Wildman–Crippen LogP) is 4.99. The average Bonchev–Trinajstić information content (AvgIpc) is 3.03. The molecule has 0 aliphatic carbocycles. The first kappa shape index (κ1) is 20.4. The van der Waals surface area contributed by atoms with E-state index in [-0.39, 0.29) is 5.70 Å². The third-order valence-electron chi connectivity index (χ3n) is 4.09. The van der Waals surface area contributed by atoms with Crippen LogP contribution in [0.2, 0.25) is 0 Å². The van der Waals surface area contributed by atoms with Crippen molar-refractivity contribution in [3.63, 3.8) is 0 Å². The van der Waals surface area contributed by atoms with E-state index >= 15 is 0 Å². The maximum atomic E-state index is 12.3. The number of carbonyl (C=O) groups is 1. The maximum absolute atomic E-state index is 12.3. The summed E-state index contributed by atoms with van der Waals surface area (Å²) in [5, 5.41) is 0. The molecule has 0 bridgehead atoms. The van der Waals surface area contributed by atoms with E-state index in [2.05, 4.69) is 41.4 Å². The minimum Gasteiger partial charge on any atom is -0.493 e. The minimum atomic E-state index is -0.467. The Labute approximate surface area is 178 Å². The predicted molar refractivity (Wildman–Crippen MR) is 118 cm³/mol. The number of ether oxygens (including phenoxy) is 3. The Morgan fingerprint density at radius 3 is 2.64 bits per heavy atom. The molecule has 0 N–H and O–H groups in total. The van der Waals surface area contributed by atoms with Crippen LogP contribution in [0.25, 0.3) is 6.08 Å². The first-order chi connectivity index (χ1) is 13.4. The molecule has 2 aromatic carbocycles. The fourth-order valence-electron chi connectivity index (χ4n) is 2.62. The SMILES string of the molecule is COc1cc(/C=C2\N=C(c3ccc(I)c(C)c3)OC2=O)ccc1OCC(C)C. The molecule has 0 saturated carbocycles. The highest BCUT2D eigenvalue weighted by Crippen LogP contribution is 2.30. The zero-order valence-corrected chi connectivity index (χ0v) is 18.4. The standard InChI is InChI=1S/C22H22INO4/c1-13(2)12-27-19-8-5-15(11-20(19)26-4)10-18-22(25)28-21(24-18)16-6-7-17(23)14(3)9-16/h5-11,13H,12H2,1-4H3/b18-10-. The smallest absolute Gasteiger partial charge is 0.363 e. The molecule has 28 heavy (non-hydrogen) atoms. The van der Waals surface area contributed by atoms with E-state index in [0.717, 1.165) is 20.3 Å². The van der Waals surface area contributed by atoms with Crippen LogP contribution in [0.15, 0.2) is 47.1 Å². The van der Waals surface area contributed by atoms with Gasteiger partial charge in [0.05, 0.1) is 13.7 Å². The van der Waals surface area contributed by atoms with Crippen LogP contribution in [0.4, 0.5) is 0 Å². The van der Waals surface area contributed by atoms with E-state index in [1.807, 2.05) is 43.3 Å². The third kappa shape index (κ3) is 4.73. The van der Waals surface area contributed by atoms with Gasteiger partial charge in [-0.1, -0.05) is 19.9 Å². The van der Waals surface area contributed by atoms with Gasteiger partial charge in [-0.3, -0.25) is 0 Å². The van der Waals surface area contributed by atoms with Gasteiger partial charge in [-0.15, -0.1) is 0 Å². The number of cyclic esters (lactones) is 1. The Hall–Kier alpha value is -2.35. The van der Waals surface area contributed by atoms with E-state index in [4.69, 9.17) is 14.2 Å². The fourth-order valence-corrected chi connectivity index (χ4v) is 2.95. The highest BCUT2D eigenvalue weighted by atomic mass is 127. The monoisotopic (exact) mass is 491 g/mol. The molecular weight excluding hydrogens is 469 g/mol. The molecule has 0 unspecified atom stereocenters. The van der Waals surface area contributed by atoms with Crippen molar-refractivity contribution in [2.45, 2.75) is 20.8 Å². The van der Waals surface area contributed by atoms with Crippen molar-refractivity contribution in [1.29, 1.82) is 0 Å². The molecule has 1 aliphatic rings. The van der Waals surface area contributed by atoms with Gasteiger partial charge >= 0.3 is 5.97 Å². The van der Waals surface area contributed by atoms with Crippen LogP contribution in [0, 0.1) is 16.4 Å². The lowest BCUT2D eigenvalue weighted by Crippen LogP contribution is -2.06. The summed E-state index contributed by atoms with van der Waals surface area (Å²) >= 11 is 2.26. The third-order valence-corrected chi connectivity index (χ3v) is 5.30. The minimum absolute atomic E-state index is 0.254. The summed E-state index contributed by atoms with van der Waals surface area (Å²) in [6, 6.07) is 11.3. The van der Waals surface area contributed by atoms with Crippen LogP contribution in [0.1, 0.15) is 30.5 Å². The number of rotatable bonds is 6. The molecule has 0 amide bonds. The highest BCUT2D eigenvalue weighted by molar-refractivity contribution is 14.1. The number of aliphatic imine (C=N–C) groups is 1. The number of halogens is 1. The number of esters is 1. The Morgan fingerprint density at radius 1 is 1.18 bits per heavy atom. The summed E-state index contributed by atoms with van der Waals surface area (Å²) < 4.78 is 17.7. The number of aryl methyl sites for hydroxylation is 1. The lowest BCUT2D eigenvalue weighted by Gasteiger charge is -2.12. The number of benzene rings is 2. The molecular formula is C22H22INO4. The zero-order chi connectivity index (χ0) is 20.3. The molecule has 3 rings (SSSR count). The first-order valence-electron chi connectivity index (χ1n) is 8.97. The van der Waals surface area contributed by atoms with E-state index in [9.17, 15) is 4.79 Å². The van der Waals surface area contributed by atoms with Crippen molar-refractivity contribution in [2.75, 3.05) is 13.7 Å². The summed E-state index contributed by atoms with van der Waals surface area (Å²) in [4.78, 5) is 16.6. The Morgan fingerprint density at radius 2 is 1.96 bits per heavy atom. The Bertz CT molecular complexity index is 963. The van der Waals surface area contributed by atoms with Gasteiger partial charge in [0, 0.05) is 9.13 Å². The normalized spacial score (nSPS) is 15.0. The first-order valence-corrected chi connectivity index (χ1v) is 10.0. The van der Waals surface area contributed by atoms with Crippen molar-refractivity contribution in [3.8, 4) is 11.5 Å². The van der Waals surface area contributed by atoms with E-state index < -0.39 is 5.97 Å². The number of methoxy groups -OCH3 is 1. The topological polar surface area (TPSA) is 57.1 Å². The second-order valence-corrected chi connectivity index (χ2v) is 8.08. The largest absolute Gasteiger partial charge is 0.493 e. The number of hydrogen-bond acceptors (Lipinski definition) is 5. The van der Waals surface area contributed by atoms with E-state index in [1.54, 1.807) is 13.2 Å². The summed E-state index contributed by atoms with van der Waals surface area (Å²) in [5.74, 6) is 1.55. The molecule has 5 nitrogen and oxygen atoms in total. The summed E-state index contributed by atoms with van der Waals surface area (Å²) in [7, 11) is 1.59. The van der Waals surface area contributed by atoms with Crippen LogP contribution in [0.5, 0.6) is 11.5 Å². The molecule has 0 spiro atoms. The van der Waals surface area contributed by atoms with Crippen molar-refractivity contribution in [2.24, 2.45) is 10.9 Å². The van der Waals surface area contributed by atoms with Gasteiger partial charge in [0.25, 0.3) is 0 Å². The van der Waals surface area contributed by atoms with Gasteiger partial charge in [0.15, 0.2) is 17.2 Å². The molecule has 0 saturated heterocycles. The van der Waals surface area contributed by atoms with Gasteiger partial charge < -0.3 is 14.2 Å². The van der Waals surface area contributed by atoms with Crippen molar-refractivity contribution < 1.29 is 19.0 Å². The molecule has 0 fully saturated rings. The zero-order valence-electron chi connectivity index (χ0n) is 16.3. The van der Waals surface area contributed by atoms with Crippen molar-refractivity contribution in [3.05, 3.63) is 62.4 Å². The quantitative estimate of drug-likeness (QED) is 0.325. The lowest BCUT2D eigenvalue weighted by molar-refractivity contribution is -0.129. The maximum Gasteiger partial charge on any atom is 0.363 e. The van der Waals surface area contributed by atoms with Crippen LogP contribution < -0.4 is 9.47 Å². The molecule has 1 heterocycles. The summed E-state index contributed by atoms with van der Waals surface area (Å²) in [6.45, 7) is 6.78. The van der Waals surface area contributed by atoms with Crippen molar-refractivity contribution in [1.82, 2.24) is 0 Å². The van der Waals surface area contributed by atoms with E-state index in [1.165, 1.54) is 0 Å². The Kier molecular flexibility index (Phi) is 6.39. The molecule has 0 atom stereocenters. The molecule has 0 aromatic heterocycles. The van der Waals surface area contributed by atoms with Gasteiger partial charge in [0.2, 0.25) is 5.90 Å². The van der Waals surface area contributed by atoms with Crippen LogP contribution in [-0.4, -0.2) is 25.6 Å². The highest BCUT2D eigenvalue weighted by Gasteiger charge is 2.24. The van der Waals surface area contributed by atoms with E-state index in [0.29, 0.717) is 29.9 Å². The molecule has 1 aliphatic heterocycles. The summed E-state index contributed by atoms with van der Waals surface area (Å²) in [6.07, 6.45) is 1.68. The summed E-state index contributed by atoms with van der Waals surface area (Å²) in [5.41, 5.74) is 2.93. The number of nitrogens with zero attached hydrogens (tertiary/aromatic N) is 1. The molecule has 2 aromatic rings. The molecule has 146 valence electrons. The molecule has 6 heteroatoms. The number of carbonyl (C=O) groups excluding carboxylic acids is 1. The van der Waals surface area contributed by atoms with Crippen LogP contribution in [-0.2, 0) is 9.53 Å².